The second kappa shape index (κ2) is 50.2. The van der Waals surface area contributed by atoms with Crippen LogP contribution >= 0.6 is 0 Å². The van der Waals surface area contributed by atoms with Gasteiger partial charge in [-0.25, -0.2) is 0 Å². The molecule has 1 amide bonds. The molecule has 6 heteroatoms. The SMILES string of the molecule is CCCCC/C=C\CCCCCCCC(=O)OCCCCCCCCCCCC(=O)NC(CO)C(O)CCCCCCCCCCCCCCCCCCCCCCCC. The number of hydrogen-bond acceptors (Lipinski definition) is 5. The molecule has 0 aromatic heterocycles. The number of carbonyl (C=O) groups is 2. The molecule has 0 heterocycles. The number of unbranched alkanes of at least 4 members (excludes halogenated alkanes) is 37. The largest absolute Gasteiger partial charge is 0.466 e. The van der Waals surface area contributed by atoms with Crippen LogP contribution in [0.2, 0.25) is 0 Å². The Kier molecular flexibility index (Phi) is 49.1. The van der Waals surface area contributed by atoms with E-state index in [4.69, 9.17) is 4.74 Å². The number of nitrogens with one attached hydrogen (secondary N) is 1. The quantitative estimate of drug-likeness (QED) is 0.0322. The zero-order valence-electron chi connectivity index (χ0n) is 40.5. The third kappa shape index (κ3) is 46.1. The molecule has 3 N–H and O–H groups in total. The summed E-state index contributed by atoms with van der Waals surface area (Å²) in [5.41, 5.74) is 0. The Bertz CT molecular complexity index is 893. The molecule has 0 aromatic carbocycles. The average molecular weight is 848 g/mol. The van der Waals surface area contributed by atoms with E-state index in [9.17, 15) is 19.8 Å². The molecule has 0 fully saturated rings. The van der Waals surface area contributed by atoms with Gasteiger partial charge in [-0.15, -0.1) is 0 Å². The molecule has 60 heavy (non-hydrogen) atoms. The molecule has 0 aliphatic carbocycles. The summed E-state index contributed by atoms with van der Waals surface area (Å²) in [6, 6.07) is -0.562. The minimum Gasteiger partial charge on any atom is -0.466 e. The Balaban J connectivity index is 3.48. The molecule has 0 rings (SSSR count). The normalized spacial score (nSPS) is 12.7. The molecule has 2 atom stereocenters. The van der Waals surface area contributed by atoms with Crippen LogP contribution in [0.3, 0.4) is 0 Å². The van der Waals surface area contributed by atoms with E-state index >= 15 is 0 Å². The Labute approximate surface area is 374 Å². The zero-order chi connectivity index (χ0) is 43.7. The van der Waals surface area contributed by atoms with Gasteiger partial charge in [-0.1, -0.05) is 244 Å². The van der Waals surface area contributed by atoms with Gasteiger partial charge in [0.1, 0.15) is 0 Å². The van der Waals surface area contributed by atoms with Crippen LogP contribution in [0.1, 0.15) is 296 Å². The van der Waals surface area contributed by atoms with Gasteiger partial charge >= 0.3 is 5.97 Å². The van der Waals surface area contributed by atoms with E-state index in [-0.39, 0.29) is 18.5 Å². The van der Waals surface area contributed by atoms with Crippen LogP contribution in [0.5, 0.6) is 0 Å². The summed E-state index contributed by atoms with van der Waals surface area (Å²) < 4.78 is 5.44. The van der Waals surface area contributed by atoms with Gasteiger partial charge in [-0.2, -0.15) is 0 Å². The first-order chi connectivity index (χ1) is 29.5. The molecule has 0 aromatic rings. The number of amides is 1. The highest BCUT2D eigenvalue weighted by atomic mass is 16.5. The third-order valence-corrected chi connectivity index (χ3v) is 12.6. The molecule has 0 bridgehead atoms. The van der Waals surface area contributed by atoms with Gasteiger partial charge in [-0.05, 0) is 51.4 Å². The highest BCUT2D eigenvalue weighted by molar-refractivity contribution is 5.76. The first kappa shape index (κ1) is 58.6. The van der Waals surface area contributed by atoms with Crippen molar-refractivity contribution in [3.05, 3.63) is 12.2 Å². The van der Waals surface area contributed by atoms with Gasteiger partial charge in [0.05, 0.1) is 25.4 Å². The smallest absolute Gasteiger partial charge is 0.305 e. The molecule has 0 spiro atoms. The van der Waals surface area contributed by atoms with Crippen LogP contribution in [0.4, 0.5) is 0 Å². The van der Waals surface area contributed by atoms with E-state index in [0.29, 0.717) is 25.9 Å². The van der Waals surface area contributed by atoms with Crippen LogP contribution in [0, 0.1) is 0 Å². The number of esters is 1. The van der Waals surface area contributed by atoms with E-state index in [1.165, 1.54) is 205 Å². The van der Waals surface area contributed by atoms with Gasteiger partial charge in [-0.3, -0.25) is 9.59 Å². The van der Waals surface area contributed by atoms with Crippen molar-refractivity contribution in [1.82, 2.24) is 5.32 Å². The van der Waals surface area contributed by atoms with Gasteiger partial charge in [0.15, 0.2) is 0 Å². The maximum Gasteiger partial charge on any atom is 0.305 e. The molecule has 0 radical (unpaired) electrons. The molecule has 0 saturated carbocycles. The van der Waals surface area contributed by atoms with E-state index in [0.717, 1.165) is 57.8 Å². The highest BCUT2D eigenvalue weighted by Crippen LogP contribution is 2.17. The van der Waals surface area contributed by atoms with Gasteiger partial charge in [0.25, 0.3) is 0 Å². The number of allylic oxidation sites excluding steroid dienone is 2. The topological polar surface area (TPSA) is 95.9 Å². The fourth-order valence-electron chi connectivity index (χ4n) is 8.40. The first-order valence-corrected chi connectivity index (χ1v) is 26.9. The monoisotopic (exact) mass is 848 g/mol. The number of aliphatic hydroxyl groups is 2. The van der Waals surface area contributed by atoms with Crippen molar-refractivity contribution in [3.8, 4) is 0 Å². The Morgan fingerprint density at radius 2 is 0.783 bits per heavy atom. The second-order valence-electron chi connectivity index (χ2n) is 18.6. The van der Waals surface area contributed by atoms with Crippen LogP contribution in [0.25, 0.3) is 0 Å². The minimum atomic E-state index is -0.682. The summed E-state index contributed by atoms with van der Waals surface area (Å²) in [4.78, 5) is 24.5. The molecule has 2 unspecified atom stereocenters. The Hall–Kier alpha value is -1.40. The summed E-state index contributed by atoms with van der Waals surface area (Å²) in [6.45, 7) is 4.88. The number of rotatable bonds is 50. The van der Waals surface area contributed by atoms with Crippen molar-refractivity contribution < 1.29 is 24.5 Å². The molecule has 0 aliphatic rings. The lowest BCUT2D eigenvalue weighted by Crippen LogP contribution is -2.45. The first-order valence-electron chi connectivity index (χ1n) is 26.9. The molecular formula is C54H105NO5. The van der Waals surface area contributed by atoms with Crippen molar-refractivity contribution in [3.63, 3.8) is 0 Å². The fourth-order valence-corrected chi connectivity index (χ4v) is 8.40. The van der Waals surface area contributed by atoms with Crippen LogP contribution in [-0.2, 0) is 14.3 Å². The number of aliphatic hydroxyl groups excluding tert-OH is 2. The predicted octanol–water partition coefficient (Wildman–Crippen LogP) is 16.1. The standard InChI is InChI=1S/C54H105NO5/c1-3-5-7-9-11-13-15-17-18-19-20-21-22-23-24-25-26-27-30-34-38-42-46-52(57)51(50-56)55-53(58)47-43-39-35-31-29-33-37-41-45-49-60-54(59)48-44-40-36-32-28-16-14-12-10-8-6-4-2/h12,14,51-52,56-57H,3-11,13,15-50H2,1-2H3,(H,55,58)/b14-12-. The molecular weight excluding hydrogens is 743 g/mol. The number of hydrogen-bond donors (Lipinski definition) is 3. The lowest BCUT2D eigenvalue weighted by Gasteiger charge is -2.22. The maximum absolute atomic E-state index is 12.5. The van der Waals surface area contributed by atoms with Crippen LogP contribution in [0.15, 0.2) is 12.2 Å². The summed E-state index contributed by atoms with van der Waals surface area (Å²) >= 11 is 0. The summed E-state index contributed by atoms with van der Waals surface area (Å²) in [5, 5.41) is 23.3. The van der Waals surface area contributed by atoms with Gasteiger partial charge in [0.2, 0.25) is 5.91 Å². The van der Waals surface area contributed by atoms with E-state index in [1.807, 2.05) is 0 Å². The van der Waals surface area contributed by atoms with Crippen molar-refractivity contribution in [2.75, 3.05) is 13.2 Å². The highest BCUT2D eigenvalue weighted by Gasteiger charge is 2.20. The minimum absolute atomic E-state index is 0.0341. The third-order valence-electron chi connectivity index (χ3n) is 12.6. The molecule has 356 valence electrons. The fraction of sp³-hybridized carbons (Fsp3) is 0.926. The van der Waals surface area contributed by atoms with Crippen molar-refractivity contribution in [2.24, 2.45) is 0 Å². The van der Waals surface area contributed by atoms with E-state index in [2.05, 4.69) is 31.3 Å². The van der Waals surface area contributed by atoms with Crippen LogP contribution < -0.4 is 5.32 Å². The second-order valence-corrected chi connectivity index (χ2v) is 18.6. The van der Waals surface area contributed by atoms with Crippen molar-refractivity contribution >= 4 is 11.9 Å². The van der Waals surface area contributed by atoms with Crippen LogP contribution in [-0.4, -0.2) is 47.4 Å². The Morgan fingerprint density at radius 3 is 1.22 bits per heavy atom. The van der Waals surface area contributed by atoms with E-state index < -0.39 is 12.1 Å². The lowest BCUT2D eigenvalue weighted by molar-refractivity contribution is -0.143. The molecule has 6 nitrogen and oxygen atoms in total. The van der Waals surface area contributed by atoms with Crippen molar-refractivity contribution in [1.29, 1.82) is 0 Å². The van der Waals surface area contributed by atoms with Gasteiger partial charge < -0.3 is 20.3 Å². The number of carbonyl (C=O) groups excluding carboxylic acids is 2. The lowest BCUT2D eigenvalue weighted by atomic mass is 10.0. The summed E-state index contributed by atoms with van der Waals surface area (Å²) in [5.74, 6) is -0.0944. The molecule has 0 saturated heterocycles. The maximum atomic E-state index is 12.5. The van der Waals surface area contributed by atoms with Gasteiger partial charge in [0, 0.05) is 12.8 Å². The molecule has 0 aliphatic heterocycles. The summed E-state index contributed by atoms with van der Waals surface area (Å²) in [7, 11) is 0. The number of ether oxygens (including phenoxy) is 1. The predicted molar refractivity (Wildman–Crippen MR) is 260 cm³/mol. The summed E-state index contributed by atoms with van der Waals surface area (Å²) in [6.07, 6.45) is 57.6. The average Bonchev–Trinajstić information content (AvgIpc) is 3.25. The van der Waals surface area contributed by atoms with E-state index in [1.54, 1.807) is 0 Å². The zero-order valence-corrected chi connectivity index (χ0v) is 40.5. The van der Waals surface area contributed by atoms with Crippen molar-refractivity contribution in [2.45, 2.75) is 309 Å². The Morgan fingerprint density at radius 1 is 0.450 bits per heavy atom.